The summed E-state index contributed by atoms with van der Waals surface area (Å²) in [5, 5.41) is 13.8. The number of rotatable bonds is 6. The molecule has 1 aromatic carbocycles. The number of nitrogens with zero attached hydrogens (tertiary/aromatic N) is 1. The predicted molar refractivity (Wildman–Crippen MR) is 95.8 cm³/mol. The van der Waals surface area contributed by atoms with E-state index in [1.165, 1.54) is 0 Å². The highest BCUT2D eigenvalue weighted by Gasteiger charge is 2.24. The second-order valence-corrected chi connectivity index (χ2v) is 4.95. The number of phenols is 1. The minimum atomic E-state index is 0. The van der Waals surface area contributed by atoms with E-state index in [0.29, 0.717) is 12.4 Å². The molecule has 0 spiro atoms. The molecule has 1 heterocycles. The third kappa shape index (κ3) is 5.06. The number of phenolic OH excluding ortho intramolecular Hbond substituents is 1. The van der Waals surface area contributed by atoms with E-state index >= 15 is 0 Å². The van der Waals surface area contributed by atoms with Gasteiger partial charge in [-0.3, -0.25) is 4.90 Å². The highest BCUT2D eigenvalue weighted by molar-refractivity contribution is 5.85. The number of benzene rings is 1. The Morgan fingerprint density at radius 1 is 1.36 bits per heavy atom. The van der Waals surface area contributed by atoms with Crippen molar-refractivity contribution >= 4 is 24.8 Å². The number of halogens is 2. The summed E-state index contributed by atoms with van der Waals surface area (Å²) in [6.07, 6.45) is 2.74. The number of para-hydroxylation sites is 1. The Hall–Kier alpha value is -0.940. The van der Waals surface area contributed by atoms with E-state index < -0.39 is 0 Å². The third-order valence-electron chi connectivity index (χ3n) is 3.67. The van der Waals surface area contributed by atoms with Gasteiger partial charge in [-0.25, -0.2) is 0 Å². The monoisotopic (exact) mass is 348 g/mol. The molecular weight excluding hydrogens is 323 g/mol. The maximum atomic E-state index is 10.4. The number of piperazine rings is 1. The smallest absolute Gasteiger partial charge is 0.162 e. The normalized spacial score (nSPS) is 16.0. The fraction of sp³-hybridized carbons (Fsp3) is 0.500. The minimum absolute atomic E-state index is 0. The van der Waals surface area contributed by atoms with E-state index in [4.69, 9.17) is 4.74 Å². The molecule has 0 aliphatic carbocycles. The summed E-state index contributed by atoms with van der Waals surface area (Å²) < 4.78 is 5.49. The quantitative estimate of drug-likeness (QED) is 0.775. The van der Waals surface area contributed by atoms with Gasteiger partial charge in [0.05, 0.1) is 6.61 Å². The van der Waals surface area contributed by atoms with Gasteiger partial charge < -0.3 is 15.2 Å². The van der Waals surface area contributed by atoms with Crippen molar-refractivity contribution in [2.45, 2.75) is 19.4 Å². The Kier molecular flexibility index (Phi) is 10.3. The molecule has 4 nitrogen and oxygen atoms in total. The van der Waals surface area contributed by atoms with Crippen LogP contribution in [0.1, 0.15) is 24.9 Å². The van der Waals surface area contributed by atoms with Gasteiger partial charge in [0.1, 0.15) is 0 Å². The van der Waals surface area contributed by atoms with Crippen molar-refractivity contribution in [1.82, 2.24) is 10.2 Å². The van der Waals surface area contributed by atoms with Crippen LogP contribution in [0.15, 0.2) is 30.9 Å². The molecule has 0 saturated carbocycles. The zero-order valence-electron chi connectivity index (χ0n) is 13.0. The maximum Gasteiger partial charge on any atom is 0.162 e. The average molecular weight is 349 g/mol. The predicted octanol–water partition coefficient (Wildman–Crippen LogP) is 3.16. The van der Waals surface area contributed by atoms with Gasteiger partial charge in [0, 0.05) is 37.8 Å². The summed E-state index contributed by atoms with van der Waals surface area (Å²) in [5.41, 5.74) is 0.928. The summed E-state index contributed by atoms with van der Waals surface area (Å²) in [5.74, 6) is 0.828. The van der Waals surface area contributed by atoms with Crippen molar-refractivity contribution in [1.29, 1.82) is 0 Å². The molecule has 0 amide bonds. The van der Waals surface area contributed by atoms with E-state index in [9.17, 15) is 5.11 Å². The van der Waals surface area contributed by atoms with Crippen LogP contribution in [0.2, 0.25) is 0 Å². The van der Waals surface area contributed by atoms with Crippen molar-refractivity contribution in [3.63, 3.8) is 0 Å². The summed E-state index contributed by atoms with van der Waals surface area (Å²) in [6.45, 7) is 10.3. The lowest BCUT2D eigenvalue weighted by Crippen LogP contribution is -2.45. The van der Waals surface area contributed by atoms with Gasteiger partial charge in [0.15, 0.2) is 11.5 Å². The number of nitrogens with one attached hydrogen (secondary N) is 1. The van der Waals surface area contributed by atoms with E-state index in [-0.39, 0.29) is 36.6 Å². The second-order valence-electron chi connectivity index (χ2n) is 4.95. The van der Waals surface area contributed by atoms with Crippen LogP contribution in [0.25, 0.3) is 0 Å². The first-order chi connectivity index (χ1) is 9.77. The van der Waals surface area contributed by atoms with E-state index in [0.717, 1.165) is 38.2 Å². The van der Waals surface area contributed by atoms with E-state index in [2.05, 4.69) is 16.8 Å². The molecule has 1 aromatic rings. The largest absolute Gasteiger partial charge is 0.504 e. The van der Waals surface area contributed by atoms with Crippen LogP contribution in [0.3, 0.4) is 0 Å². The fourth-order valence-corrected chi connectivity index (χ4v) is 2.70. The van der Waals surface area contributed by atoms with Gasteiger partial charge in [0.2, 0.25) is 0 Å². The van der Waals surface area contributed by atoms with Crippen LogP contribution in [0.4, 0.5) is 0 Å². The topological polar surface area (TPSA) is 44.7 Å². The number of hydrogen-bond donors (Lipinski definition) is 2. The lowest BCUT2D eigenvalue weighted by molar-refractivity contribution is 0.171. The van der Waals surface area contributed by atoms with Crippen molar-refractivity contribution in [3.8, 4) is 11.5 Å². The number of ether oxygens (including phenoxy) is 1. The highest BCUT2D eigenvalue weighted by Crippen LogP contribution is 2.37. The molecule has 1 fully saturated rings. The molecule has 126 valence electrons. The lowest BCUT2D eigenvalue weighted by Gasteiger charge is -2.35. The molecule has 0 unspecified atom stereocenters. The molecule has 2 N–H and O–H groups in total. The molecule has 1 saturated heterocycles. The zero-order valence-corrected chi connectivity index (χ0v) is 14.6. The molecule has 0 bridgehead atoms. The maximum absolute atomic E-state index is 10.4. The van der Waals surface area contributed by atoms with Crippen molar-refractivity contribution in [2.24, 2.45) is 0 Å². The molecule has 0 radical (unpaired) electrons. The zero-order chi connectivity index (χ0) is 14.4. The highest BCUT2D eigenvalue weighted by atomic mass is 35.5. The average Bonchev–Trinajstić information content (AvgIpc) is 2.49. The summed E-state index contributed by atoms with van der Waals surface area (Å²) in [4.78, 5) is 2.39. The van der Waals surface area contributed by atoms with Crippen molar-refractivity contribution < 1.29 is 9.84 Å². The lowest BCUT2D eigenvalue weighted by atomic mass is 9.99. The first-order valence-corrected chi connectivity index (χ1v) is 7.28. The minimum Gasteiger partial charge on any atom is -0.504 e. The van der Waals surface area contributed by atoms with Crippen LogP contribution in [0, 0.1) is 0 Å². The van der Waals surface area contributed by atoms with Crippen LogP contribution >= 0.6 is 24.8 Å². The fourth-order valence-electron chi connectivity index (χ4n) is 2.70. The Labute approximate surface area is 145 Å². The van der Waals surface area contributed by atoms with Gasteiger partial charge >= 0.3 is 0 Å². The molecule has 0 aromatic heterocycles. The van der Waals surface area contributed by atoms with Crippen LogP contribution < -0.4 is 10.1 Å². The number of hydrogen-bond acceptors (Lipinski definition) is 4. The Morgan fingerprint density at radius 2 is 2.05 bits per heavy atom. The van der Waals surface area contributed by atoms with Crippen molar-refractivity contribution in [2.75, 3.05) is 32.8 Å². The summed E-state index contributed by atoms with van der Waals surface area (Å²) >= 11 is 0. The standard InChI is InChI=1S/C16H24N2O2.2ClH/c1-3-6-14(18-11-9-17-10-12-18)13-7-5-8-15(16(13)19)20-4-2;;/h3,5,7-8,14,17,19H,1,4,6,9-12H2,2H3;2*1H/t14-;;/m0../s1. The van der Waals surface area contributed by atoms with Gasteiger partial charge in [-0.2, -0.15) is 0 Å². The van der Waals surface area contributed by atoms with Gasteiger partial charge in [0.25, 0.3) is 0 Å². The third-order valence-corrected chi connectivity index (χ3v) is 3.67. The molecule has 6 heteroatoms. The van der Waals surface area contributed by atoms with Crippen LogP contribution in [-0.2, 0) is 0 Å². The molecule has 2 rings (SSSR count). The number of aromatic hydroxyl groups is 1. The molecular formula is C16H26Cl2N2O2. The Bertz CT molecular complexity index is 452. The summed E-state index contributed by atoms with van der Waals surface area (Å²) in [6, 6.07) is 5.90. The van der Waals surface area contributed by atoms with Gasteiger partial charge in [-0.15, -0.1) is 31.4 Å². The second kappa shape index (κ2) is 10.7. The first kappa shape index (κ1) is 21.1. The Balaban J connectivity index is 0.00000220. The molecule has 1 aliphatic heterocycles. The van der Waals surface area contributed by atoms with E-state index in [1.54, 1.807) is 0 Å². The van der Waals surface area contributed by atoms with Crippen LogP contribution in [0.5, 0.6) is 11.5 Å². The van der Waals surface area contributed by atoms with Gasteiger partial charge in [-0.1, -0.05) is 18.2 Å². The van der Waals surface area contributed by atoms with Gasteiger partial charge in [-0.05, 0) is 19.4 Å². The molecule has 1 aliphatic rings. The van der Waals surface area contributed by atoms with Crippen molar-refractivity contribution in [3.05, 3.63) is 36.4 Å². The summed E-state index contributed by atoms with van der Waals surface area (Å²) in [7, 11) is 0. The molecule has 22 heavy (non-hydrogen) atoms. The molecule has 1 atom stereocenters. The first-order valence-electron chi connectivity index (χ1n) is 7.28. The SMILES string of the molecule is C=CC[C@@H](c1cccc(OCC)c1O)N1CCNCC1.Cl.Cl. The Morgan fingerprint density at radius 3 is 2.64 bits per heavy atom. The van der Waals surface area contributed by atoms with E-state index in [1.807, 2.05) is 31.2 Å². The van der Waals surface area contributed by atoms with Crippen LogP contribution in [-0.4, -0.2) is 42.8 Å².